The molecule has 0 unspecified atom stereocenters. The molecule has 3 aromatic heterocycles. The van der Waals surface area contributed by atoms with Crippen LogP contribution < -0.4 is 31.7 Å². The van der Waals surface area contributed by atoms with E-state index < -0.39 is 5.82 Å². The van der Waals surface area contributed by atoms with E-state index in [4.69, 9.17) is 10.5 Å². The van der Waals surface area contributed by atoms with Crippen LogP contribution in [0.4, 0.5) is 21.8 Å². The Bertz CT molecular complexity index is 2230. The van der Waals surface area contributed by atoms with Crippen molar-refractivity contribution in [2.75, 3.05) is 56.9 Å². The first-order valence-electron chi connectivity index (χ1n) is 21.4. The molecule has 7 rings (SSSR count). The van der Waals surface area contributed by atoms with Crippen molar-refractivity contribution in [1.82, 2.24) is 44.9 Å². The molecule has 5 aromatic rings. The summed E-state index contributed by atoms with van der Waals surface area (Å²) in [5.74, 6) is 1.15. The molecule has 18 heteroatoms. The van der Waals surface area contributed by atoms with E-state index in [9.17, 15) is 14.0 Å². The Balaban J connectivity index is 0.000000233. The molecule has 2 amide bonds. The smallest absolute Gasteiger partial charge is 0.247 e. The van der Waals surface area contributed by atoms with E-state index in [1.807, 2.05) is 46.3 Å². The molecule has 0 saturated carbocycles. The molecule has 0 atom stereocenters. The van der Waals surface area contributed by atoms with Gasteiger partial charge in [0.25, 0.3) is 0 Å². The zero-order valence-corrected chi connectivity index (χ0v) is 38.0. The minimum absolute atomic E-state index is 0.141. The van der Waals surface area contributed by atoms with Crippen LogP contribution in [-0.4, -0.2) is 105 Å². The number of likely N-dealkylation sites (tertiary alicyclic amines) is 1. The Labute approximate surface area is 369 Å². The highest BCUT2D eigenvalue weighted by molar-refractivity contribution is 7.80. The quantitative estimate of drug-likeness (QED) is 0.0319. The van der Waals surface area contributed by atoms with Crippen LogP contribution in [0.3, 0.4) is 0 Å². The van der Waals surface area contributed by atoms with Crippen LogP contribution in [0.2, 0.25) is 0 Å². The number of nitrogens with zero attached hydrogens (tertiary/aromatic N) is 8. The number of ether oxygens (including phenoxy) is 1. The molecule has 2 fully saturated rings. The first-order chi connectivity index (χ1) is 30.0. The number of anilines is 3. The zero-order chi connectivity index (χ0) is 45.0. The topological polar surface area (TPSA) is 194 Å². The normalized spacial score (nSPS) is 14.6. The van der Waals surface area contributed by atoms with E-state index in [1.165, 1.54) is 73.9 Å². The third-order valence-electron chi connectivity index (χ3n) is 9.87. The highest BCUT2D eigenvalue weighted by Gasteiger charge is 2.21. The third-order valence-corrected chi connectivity index (χ3v) is 10.2. The molecular weight excluding hydrogens is 810 g/mol. The van der Waals surface area contributed by atoms with Gasteiger partial charge in [-0.2, -0.15) is 14.6 Å². The van der Waals surface area contributed by atoms with E-state index >= 15 is 0 Å². The lowest BCUT2D eigenvalue weighted by Crippen LogP contribution is -2.29. The summed E-state index contributed by atoms with van der Waals surface area (Å²) in [5.41, 5.74) is 9.88. The number of carbonyl (C=O) groups is 2. The number of fused-ring (bicyclic) bond motifs is 2. The molecule has 62 heavy (non-hydrogen) atoms. The number of halogens is 1. The van der Waals surface area contributed by atoms with Crippen molar-refractivity contribution in [3.8, 4) is 5.75 Å². The lowest BCUT2D eigenvalue weighted by atomic mass is 9.89. The first-order valence-corrected chi connectivity index (χ1v) is 21.9. The van der Waals surface area contributed by atoms with Crippen LogP contribution in [0.5, 0.6) is 5.75 Å². The van der Waals surface area contributed by atoms with Crippen LogP contribution in [-0.2, 0) is 16.6 Å². The number of thiol groups is 1. The summed E-state index contributed by atoms with van der Waals surface area (Å²) in [6.45, 7) is 15.4. The molecule has 0 aliphatic carbocycles. The van der Waals surface area contributed by atoms with Gasteiger partial charge in [-0.1, -0.05) is 26.3 Å². The van der Waals surface area contributed by atoms with Crippen molar-refractivity contribution in [2.24, 2.45) is 17.8 Å². The molecule has 2 saturated heterocycles. The van der Waals surface area contributed by atoms with Crippen LogP contribution in [0.1, 0.15) is 90.3 Å². The van der Waals surface area contributed by atoms with E-state index in [1.54, 1.807) is 18.3 Å². The summed E-state index contributed by atoms with van der Waals surface area (Å²) >= 11 is 4.12. The lowest BCUT2D eigenvalue weighted by Gasteiger charge is -2.29. The highest BCUT2D eigenvalue weighted by atomic mass is 32.1. The fourth-order valence-electron chi connectivity index (χ4n) is 6.74. The van der Waals surface area contributed by atoms with Gasteiger partial charge in [0.05, 0.1) is 17.3 Å². The average Bonchev–Trinajstić information content (AvgIpc) is 3.84. The summed E-state index contributed by atoms with van der Waals surface area (Å²) in [7, 11) is 4.06. The minimum atomic E-state index is -0.460. The molecule has 0 bridgehead atoms. The summed E-state index contributed by atoms with van der Waals surface area (Å²) < 4.78 is 23.4. The standard InChI is InChI=1S/C19H22FN7OS.C18H25N5O2.C5H11N.C2H6/c1-4-22-9-12(8-21)16-17(28-11(2)3)18-25-19(26-27(18)10-23-16)24-15-6-5-13(29)7-14(15)20;1-22-9-6-13(7-10-22)14-3-4-15-16(11-14)23(2)21-18(15)20-17(25)5-8-19-12-24;1-2-4-6-5-3-1;1-2/h5-11,29H,4,21H2,1-3H3,(H,24,26);3-4,11-13H,5-10H2,1-2H3,(H,19,24)(H,20,21,25);6H,1-5H2;1-2H3/b12-8+,22-9?;;;. The van der Waals surface area contributed by atoms with Crippen molar-refractivity contribution < 1.29 is 18.7 Å². The molecule has 0 radical (unpaired) electrons. The van der Waals surface area contributed by atoms with Crippen molar-refractivity contribution in [3.63, 3.8) is 0 Å². The number of rotatable bonds is 13. The number of hydrogen-bond acceptors (Lipinski definition) is 13. The number of nitrogens with two attached hydrogens (primary N) is 1. The number of amides is 2. The molecule has 5 heterocycles. The number of hydrogen-bond donors (Lipinski definition) is 6. The zero-order valence-electron chi connectivity index (χ0n) is 37.1. The second-order valence-corrected chi connectivity index (χ2v) is 15.4. The van der Waals surface area contributed by atoms with Crippen LogP contribution >= 0.6 is 12.6 Å². The number of benzene rings is 2. The molecule has 0 spiro atoms. The largest absolute Gasteiger partial charge is 0.485 e. The Hall–Kier alpha value is -5.59. The first kappa shape index (κ1) is 49.1. The van der Waals surface area contributed by atoms with Crippen LogP contribution in [0.15, 0.2) is 58.8 Å². The predicted octanol–water partition coefficient (Wildman–Crippen LogP) is 6.72. The Morgan fingerprint density at radius 3 is 2.45 bits per heavy atom. The fraction of sp³-hybridized carbons (Fsp3) is 0.477. The number of aliphatic imine (C=N–C) groups is 1. The molecule has 336 valence electrons. The van der Waals surface area contributed by atoms with Gasteiger partial charge in [0.15, 0.2) is 11.6 Å². The summed E-state index contributed by atoms with van der Waals surface area (Å²) in [5, 5.41) is 21.2. The Kier molecular flexibility index (Phi) is 20.1. The highest BCUT2D eigenvalue weighted by Crippen LogP contribution is 2.32. The number of aromatic nitrogens is 6. The Morgan fingerprint density at radius 2 is 1.84 bits per heavy atom. The number of piperidine rings is 2. The summed E-state index contributed by atoms with van der Waals surface area (Å²) in [6, 6.07) is 10.9. The van der Waals surface area contributed by atoms with Gasteiger partial charge in [0, 0.05) is 54.8 Å². The van der Waals surface area contributed by atoms with Gasteiger partial charge in [-0.3, -0.25) is 19.3 Å². The number of carbonyl (C=O) groups excluding carboxylic acids is 2. The maximum absolute atomic E-state index is 14.1. The van der Waals surface area contributed by atoms with Crippen LogP contribution in [0.25, 0.3) is 22.1 Å². The lowest BCUT2D eigenvalue weighted by molar-refractivity contribution is -0.116. The fourth-order valence-corrected chi connectivity index (χ4v) is 6.93. The van der Waals surface area contributed by atoms with Gasteiger partial charge in [0.2, 0.25) is 23.9 Å². The third kappa shape index (κ3) is 14.2. The van der Waals surface area contributed by atoms with Gasteiger partial charge < -0.3 is 36.6 Å². The Morgan fingerprint density at radius 1 is 1.10 bits per heavy atom. The molecule has 6 N–H and O–H groups in total. The van der Waals surface area contributed by atoms with Crippen molar-refractivity contribution >= 4 is 70.7 Å². The maximum Gasteiger partial charge on any atom is 0.247 e. The summed E-state index contributed by atoms with van der Waals surface area (Å²) in [4.78, 5) is 38.2. The SMILES string of the molecule is C1CCNCC1.CC.CCN=C/C(=C\N)c1ncn2nc(Nc3ccc(S)cc3F)nc2c1OC(C)C.CN1CCC(c2ccc3c(NC(=O)CCNC=O)nn(C)c3c2)CC1. The minimum Gasteiger partial charge on any atom is -0.485 e. The van der Waals surface area contributed by atoms with E-state index in [0.717, 1.165) is 24.0 Å². The van der Waals surface area contributed by atoms with Crippen molar-refractivity contribution in [3.05, 3.63) is 66.0 Å². The average molecular weight is 874 g/mol. The summed E-state index contributed by atoms with van der Waals surface area (Å²) in [6.07, 6.45) is 11.8. The van der Waals surface area contributed by atoms with E-state index in [2.05, 4.69) is 89.2 Å². The number of nitrogens with one attached hydrogen (secondary N) is 4. The van der Waals surface area contributed by atoms with E-state index in [0.29, 0.717) is 58.8 Å². The second kappa shape index (κ2) is 25.4. The van der Waals surface area contributed by atoms with Gasteiger partial charge in [-0.25, -0.2) is 9.37 Å². The van der Waals surface area contributed by atoms with Crippen molar-refractivity contribution in [1.29, 1.82) is 0 Å². The van der Waals surface area contributed by atoms with Gasteiger partial charge in [0.1, 0.15) is 17.8 Å². The second-order valence-electron chi connectivity index (χ2n) is 14.8. The van der Waals surface area contributed by atoms with Gasteiger partial charge in [-0.15, -0.1) is 17.7 Å². The number of allylic oxidation sites excluding steroid dienone is 1. The maximum atomic E-state index is 14.1. The predicted molar refractivity (Wildman–Crippen MR) is 250 cm³/mol. The number of aryl methyl sites for hydroxylation is 1. The molecule has 16 nitrogen and oxygen atoms in total. The molecule has 2 aliphatic heterocycles. The molecular formula is C44H64FN13O3S. The van der Waals surface area contributed by atoms with Crippen molar-refractivity contribution in [2.45, 2.75) is 90.1 Å². The van der Waals surface area contributed by atoms with E-state index in [-0.39, 0.29) is 30.1 Å². The molecule has 2 aliphatic rings. The van der Waals surface area contributed by atoms with Gasteiger partial charge in [-0.05, 0) is 121 Å². The van der Waals surface area contributed by atoms with Gasteiger partial charge >= 0.3 is 0 Å². The van der Waals surface area contributed by atoms with Crippen LogP contribution in [0, 0.1) is 5.82 Å². The molecule has 2 aromatic carbocycles. The monoisotopic (exact) mass is 873 g/mol.